The van der Waals surface area contributed by atoms with Gasteiger partial charge in [-0.15, -0.1) is 0 Å². The number of nitrogens with one attached hydrogen (secondary N) is 1. The number of aryl methyl sites for hydroxylation is 1. The number of hydrogen-bond donors (Lipinski definition) is 1. The lowest BCUT2D eigenvalue weighted by Crippen LogP contribution is -2.22. The van der Waals surface area contributed by atoms with Gasteiger partial charge in [-0.05, 0) is 42.5 Å². The third kappa shape index (κ3) is 4.40. The van der Waals surface area contributed by atoms with Gasteiger partial charge in [0.1, 0.15) is 0 Å². The molecule has 0 aromatic heterocycles. The predicted octanol–water partition coefficient (Wildman–Crippen LogP) is 4.50. The monoisotopic (exact) mass is 399 g/mol. The topological polar surface area (TPSA) is 63.0 Å². The summed E-state index contributed by atoms with van der Waals surface area (Å²) in [6.45, 7) is 3.70. The summed E-state index contributed by atoms with van der Waals surface area (Å²) in [7, 11) is 0. The van der Waals surface area contributed by atoms with Crippen LogP contribution in [0.2, 0.25) is 0 Å². The van der Waals surface area contributed by atoms with Crippen molar-refractivity contribution in [1.29, 1.82) is 0 Å². The summed E-state index contributed by atoms with van der Waals surface area (Å²) >= 11 is 0. The molecule has 1 amide bonds. The third-order valence-electron chi connectivity index (χ3n) is 5.51. The van der Waals surface area contributed by atoms with E-state index >= 15 is 0 Å². The van der Waals surface area contributed by atoms with Crippen LogP contribution in [0.4, 0.5) is 0 Å². The Morgan fingerprint density at radius 1 is 1.10 bits per heavy atom. The molecule has 2 aromatic rings. The first-order chi connectivity index (χ1) is 14.6. The van der Waals surface area contributed by atoms with Gasteiger partial charge in [0.25, 0.3) is 5.91 Å². The van der Waals surface area contributed by atoms with Crippen LogP contribution in [-0.2, 0) is 9.63 Å². The minimum absolute atomic E-state index is 0.183. The number of carbonyl (C=O) groups is 1. The molecule has 2 atom stereocenters. The molecular weight excluding hydrogens is 374 g/mol. The quantitative estimate of drug-likeness (QED) is 0.423. The highest BCUT2D eigenvalue weighted by Crippen LogP contribution is 2.47. The second-order valence-corrected chi connectivity index (χ2v) is 7.68. The van der Waals surface area contributed by atoms with Gasteiger partial charge < -0.3 is 4.84 Å². The third-order valence-corrected chi connectivity index (χ3v) is 5.51. The van der Waals surface area contributed by atoms with E-state index < -0.39 is 0 Å². The van der Waals surface area contributed by atoms with Crippen LogP contribution in [0.5, 0.6) is 0 Å². The molecule has 30 heavy (non-hydrogen) atoms. The van der Waals surface area contributed by atoms with E-state index in [1.807, 2.05) is 56.3 Å². The van der Waals surface area contributed by atoms with Gasteiger partial charge >= 0.3 is 0 Å². The number of carbonyl (C=O) groups excluding carboxylic acids is 1. The van der Waals surface area contributed by atoms with E-state index in [2.05, 4.69) is 40.0 Å². The number of amides is 1. The van der Waals surface area contributed by atoms with Crippen LogP contribution >= 0.6 is 0 Å². The van der Waals surface area contributed by atoms with Crippen LogP contribution < -0.4 is 5.43 Å². The van der Waals surface area contributed by atoms with E-state index in [9.17, 15) is 4.79 Å². The summed E-state index contributed by atoms with van der Waals surface area (Å²) in [4.78, 5) is 17.2. The van der Waals surface area contributed by atoms with Crippen molar-refractivity contribution in [1.82, 2.24) is 5.43 Å². The normalized spacial score (nSPS) is 20.3. The average Bonchev–Trinajstić information content (AvgIpc) is 3.36. The van der Waals surface area contributed by atoms with Gasteiger partial charge in [0, 0.05) is 11.8 Å². The largest absolute Gasteiger partial charge is 0.385 e. The van der Waals surface area contributed by atoms with E-state index in [0.29, 0.717) is 11.8 Å². The SMILES string of the molecule is C/C(=N/OCC(=O)N/N=C\C1=C(c2ccccc2)[C@@H]2C=C[C@H]1C2)c1ccc(C)cc1. The van der Waals surface area contributed by atoms with Gasteiger partial charge in [-0.25, -0.2) is 5.43 Å². The first-order valence-corrected chi connectivity index (χ1v) is 10.1. The number of benzene rings is 2. The molecule has 0 radical (unpaired) electrons. The molecular formula is C25H25N3O2. The Hall–Kier alpha value is -3.47. The Bertz CT molecular complexity index is 1030. The molecule has 0 saturated carbocycles. The summed E-state index contributed by atoms with van der Waals surface area (Å²) in [5.74, 6) is 0.452. The van der Waals surface area contributed by atoms with Gasteiger partial charge in [-0.1, -0.05) is 77.5 Å². The molecule has 0 spiro atoms. The Labute approximate surface area is 176 Å². The Morgan fingerprint density at radius 3 is 2.60 bits per heavy atom. The molecule has 1 N–H and O–H groups in total. The van der Waals surface area contributed by atoms with E-state index in [-0.39, 0.29) is 12.5 Å². The molecule has 152 valence electrons. The zero-order valence-electron chi connectivity index (χ0n) is 17.2. The molecule has 4 rings (SSSR count). The summed E-state index contributed by atoms with van der Waals surface area (Å²) in [5, 5.41) is 8.19. The van der Waals surface area contributed by atoms with Crippen LogP contribution in [0.25, 0.3) is 5.57 Å². The van der Waals surface area contributed by atoms with Gasteiger partial charge in [0.15, 0.2) is 6.61 Å². The van der Waals surface area contributed by atoms with E-state index in [4.69, 9.17) is 4.84 Å². The first-order valence-electron chi connectivity index (χ1n) is 10.1. The van der Waals surface area contributed by atoms with Crippen molar-refractivity contribution in [2.24, 2.45) is 22.1 Å². The van der Waals surface area contributed by atoms with Crippen molar-refractivity contribution in [3.63, 3.8) is 0 Å². The lowest BCUT2D eigenvalue weighted by atomic mass is 9.92. The molecule has 0 aliphatic heterocycles. The maximum absolute atomic E-state index is 12.0. The lowest BCUT2D eigenvalue weighted by Gasteiger charge is -2.13. The second kappa shape index (κ2) is 8.91. The average molecular weight is 399 g/mol. The standard InChI is InChI=1S/C25H25N3O2/c1-17-8-10-19(11-9-17)18(2)28-30-16-24(29)27-26-15-23-21-12-13-22(14-21)25(23)20-6-4-3-5-7-20/h3-13,15,21-22H,14,16H2,1-2H3,(H,27,29)/b26-15-,28-18-/t21-,22+/m0/s1. The molecule has 2 aliphatic rings. The van der Waals surface area contributed by atoms with Crippen LogP contribution in [-0.4, -0.2) is 24.4 Å². The Kier molecular flexibility index (Phi) is 5.89. The van der Waals surface area contributed by atoms with Crippen molar-refractivity contribution < 1.29 is 9.63 Å². The predicted molar refractivity (Wildman–Crippen MR) is 120 cm³/mol. The van der Waals surface area contributed by atoms with E-state index in [1.165, 1.54) is 22.3 Å². The number of fused-ring (bicyclic) bond motifs is 2. The molecule has 2 aromatic carbocycles. The minimum atomic E-state index is -0.340. The van der Waals surface area contributed by atoms with E-state index in [1.54, 1.807) is 6.21 Å². The number of rotatable bonds is 7. The summed E-state index contributed by atoms with van der Waals surface area (Å²) in [5.41, 5.74) is 9.09. The minimum Gasteiger partial charge on any atom is -0.385 e. The maximum atomic E-state index is 12.0. The van der Waals surface area contributed by atoms with Gasteiger partial charge in [-0.2, -0.15) is 5.10 Å². The molecule has 0 unspecified atom stereocenters. The molecule has 5 nitrogen and oxygen atoms in total. The molecule has 0 fully saturated rings. The zero-order valence-corrected chi connectivity index (χ0v) is 17.2. The summed E-state index contributed by atoms with van der Waals surface area (Å²) in [6, 6.07) is 18.3. The van der Waals surface area contributed by atoms with Crippen LogP contribution in [0.15, 0.2) is 82.6 Å². The van der Waals surface area contributed by atoms with Crippen molar-refractivity contribution in [2.45, 2.75) is 20.3 Å². The second-order valence-electron chi connectivity index (χ2n) is 7.68. The lowest BCUT2D eigenvalue weighted by molar-refractivity contribution is -0.125. The van der Waals surface area contributed by atoms with Gasteiger partial charge in [0.05, 0.1) is 11.9 Å². The number of nitrogens with zero attached hydrogens (tertiary/aromatic N) is 2. The zero-order chi connectivity index (χ0) is 20.9. The highest BCUT2D eigenvalue weighted by Gasteiger charge is 2.34. The highest BCUT2D eigenvalue weighted by molar-refractivity contribution is 5.98. The Balaban J connectivity index is 1.34. The molecule has 0 heterocycles. The maximum Gasteiger partial charge on any atom is 0.280 e. The number of hydrazone groups is 1. The van der Waals surface area contributed by atoms with Crippen LogP contribution in [0.1, 0.15) is 30.0 Å². The number of oxime groups is 1. The fourth-order valence-corrected chi connectivity index (χ4v) is 3.96. The Morgan fingerprint density at radius 2 is 1.83 bits per heavy atom. The molecule has 5 heteroatoms. The van der Waals surface area contributed by atoms with Gasteiger partial charge in [0.2, 0.25) is 0 Å². The van der Waals surface area contributed by atoms with E-state index in [0.717, 1.165) is 17.7 Å². The number of allylic oxidation sites excluding steroid dienone is 4. The fraction of sp³-hybridized carbons (Fsp3) is 0.240. The summed E-state index contributed by atoms with van der Waals surface area (Å²) < 4.78 is 0. The molecule has 2 aliphatic carbocycles. The molecule has 2 bridgehead atoms. The van der Waals surface area contributed by atoms with Crippen LogP contribution in [0, 0.1) is 18.8 Å². The number of hydrogen-bond acceptors (Lipinski definition) is 4. The first kappa shape index (κ1) is 19.8. The summed E-state index contributed by atoms with van der Waals surface area (Å²) in [6.07, 6.45) is 7.35. The highest BCUT2D eigenvalue weighted by atomic mass is 16.6. The van der Waals surface area contributed by atoms with Crippen molar-refractivity contribution in [3.8, 4) is 0 Å². The van der Waals surface area contributed by atoms with Crippen molar-refractivity contribution in [2.75, 3.05) is 6.61 Å². The smallest absolute Gasteiger partial charge is 0.280 e. The van der Waals surface area contributed by atoms with Crippen LogP contribution in [0.3, 0.4) is 0 Å². The fourth-order valence-electron chi connectivity index (χ4n) is 3.96. The molecule has 0 saturated heterocycles. The van der Waals surface area contributed by atoms with Crippen molar-refractivity contribution in [3.05, 3.63) is 89.0 Å². The van der Waals surface area contributed by atoms with Gasteiger partial charge in [-0.3, -0.25) is 4.79 Å². The van der Waals surface area contributed by atoms with Crippen molar-refractivity contribution >= 4 is 23.4 Å².